The molecular formula is C25H24FN3O5. The lowest BCUT2D eigenvalue weighted by Gasteiger charge is -2.12. The molecule has 34 heavy (non-hydrogen) atoms. The van der Waals surface area contributed by atoms with Gasteiger partial charge in [-0.25, -0.2) is 9.18 Å². The van der Waals surface area contributed by atoms with E-state index in [4.69, 9.17) is 9.47 Å². The highest BCUT2D eigenvalue weighted by Crippen LogP contribution is 2.21. The highest BCUT2D eigenvalue weighted by Gasteiger charge is 2.14. The van der Waals surface area contributed by atoms with Crippen LogP contribution >= 0.6 is 0 Å². The van der Waals surface area contributed by atoms with Crippen LogP contribution in [0.2, 0.25) is 0 Å². The van der Waals surface area contributed by atoms with Crippen molar-refractivity contribution in [1.82, 2.24) is 0 Å². The van der Waals surface area contributed by atoms with E-state index in [0.717, 1.165) is 0 Å². The summed E-state index contributed by atoms with van der Waals surface area (Å²) in [6, 6.07) is 17.0. The molecule has 9 heteroatoms. The number of nitrogens with one attached hydrogen (secondary N) is 3. The normalized spacial score (nSPS) is 10.3. The summed E-state index contributed by atoms with van der Waals surface area (Å²) in [5, 5.41) is 7.96. The van der Waals surface area contributed by atoms with Gasteiger partial charge in [0.05, 0.1) is 12.2 Å². The fourth-order valence-electron chi connectivity index (χ4n) is 2.98. The lowest BCUT2D eigenvalue weighted by atomic mass is 10.1. The van der Waals surface area contributed by atoms with E-state index in [0.29, 0.717) is 22.6 Å². The van der Waals surface area contributed by atoms with E-state index in [2.05, 4.69) is 16.0 Å². The quantitative estimate of drug-likeness (QED) is 0.413. The van der Waals surface area contributed by atoms with Crippen LogP contribution in [-0.4, -0.2) is 38.2 Å². The highest BCUT2D eigenvalue weighted by atomic mass is 19.1. The summed E-state index contributed by atoms with van der Waals surface area (Å²) in [5.74, 6) is -1.68. The van der Waals surface area contributed by atoms with Crippen LogP contribution in [0, 0.1) is 12.7 Å². The van der Waals surface area contributed by atoms with Gasteiger partial charge in [0.25, 0.3) is 11.8 Å². The van der Waals surface area contributed by atoms with Gasteiger partial charge in [-0.3, -0.25) is 14.9 Å². The molecule has 0 aliphatic carbocycles. The summed E-state index contributed by atoms with van der Waals surface area (Å²) in [6.45, 7) is 2.16. The van der Waals surface area contributed by atoms with Crippen LogP contribution < -0.4 is 16.0 Å². The van der Waals surface area contributed by atoms with Crippen molar-refractivity contribution in [3.8, 4) is 0 Å². The van der Waals surface area contributed by atoms with Crippen molar-refractivity contribution in [2.75, 3.05) is 36.3 Å². The van der Waals surface area contributed by atoms with Crippen molar-refractivity contribution in [3.63, 3.8) is 0 Å². The number of benzene rings is 3. The summed E-state index contributed by atoms with van der Waals surface area (Å²) in [6.07, 6.45) is -0.644. The van der Waals surface area contributed by atoms with E-state index in [1.165, 1.54) is 31.4 Å². The number of rotatable bonds is 8. The number of amides is 3. The Morgan fingerprint density at radius 1 is 0.824 bits per heavy atom. The van der Waals surface area contributed by atoms with Gasteiger partial charge in [0.1, 0.15) is 12.4 Å². The standard InChI is InChI=1S/C25H24FN3O5/c1-16-10-11-17(14-22(16)29-24(31)20-8-3-4-9-21(20)26)23(30)27-18-6-5-7-19(15-18)28-25(32)34-13-12-33-2/h3-11,14-15H,12-13H2,1-2H3,(H,27,30)(H,28,32)(H,29,31). The van der Waals surface area contributed by atoms with E-state index < -0.39 is 23.7 Å². The third-order valence-corrected chi connectivity index (χ3v) is 4.75. The molecule has 3 N–H and O–H groups in total. The Labute approximate surface area is 196 Å². The van der Waals surface area contributed by atoms with Crippen LogP contribution in [0.1, 0.15) is 26.3 Å². The van der Waals surface area contributed by atoms with E-state index in [1.807, 2.05) is 0 Å². The summed E-state index contributed by atoms with van der Waals surface area (Å²) >= 11 is 0. The maximum Gasteiger partial charge on any atom is 0.411 e. The molecule has 3 aromatic carbocycles. The van der Waals surface area contributed by atoms with Crippen LogP contribution in [0.15, 0.2) is 66.7 Å². The smallest absolute Gasteiger partial charge is 0.411 e. The van der Waals surface area contributed by atoms with Gasteiger partial charge in [0.15, 0.2) is 0 Å². The van der Waals surface area contributed by atoms with Crippen molar-refractivity contribution < 1.29 is 28.2 Å². The van der Waals surface area contributed by atoms with Crippen molar-refractivity contribution in [3.05, 3.63) is 89.2 Å². The van der Waals surface area contributed by atoms with Gasteiger partial charge in [-0.2, -0.15) is 0 Å². The fraction of sp³-hybridized carbons (Fsp3) is 0.160. The first-order chi connectivity index (χ1) is 16.4. The molecule has 0 saturated carbocycles. The largest absolute Gasteiger partial charge is 0.447 e. The molecule has 0 fully saturated rings. The molecule has 3 aromatic rings. The second kappa shape index (κ2) is 11.6. The van der Waals surface area contributed by atoms with Crippen LogP contribution in [0.3, 0.4) is 0 Å². The second-order valence-corrected chi connectivity index (χ2v) is 7.25. The molecule has 176 valence electrons. The number of aryl methyl sites for hydroxylation is 1. The molecule has 0 aliphatic rings. The van der Waals surface area contributed by atoms with Gasteiger partial charge in [0, 0.05) is 29.7 Å². The molecule has 0 radical (unpaired) electrons. The van der Waals surface area contributed by atoms with Crippen LogP contribution in [0.5, 0.6) is 0 Å². The third kappa shape index (κ3) is 6.63. The predicted octanol–water partition coefficient (Wildman–Crippen LogP) is 4.83. The highest BCUT2D eigenvalue weighted by molar-refractivity contribution is 6.08. The summed E-state index contributed by atoms with van der Waals surface area (Å²) in [5.41, 5.74) is 2.15. The van der Waals surface area contributed by atoms with Gasteiger partial charge < -0.3 is 20.1 Å². The van der Waals surface area contributed by atoms with Gasteiger partial charge >= 0.3 is 6.09 Å². The van der Waals surface area contributed by atoms with E-state index in [1.54, 1.807) is 49.4 Å². The molecule has 0 bridgehead atoms. The number of methoxy groups -OCH3 is 1. The van der Waals surface area contributed by atoms with E-state index in [9.17, 15) is 18.8 Å². The molecule has 8 nitrogen and oxygen atoms in total. The molecule has 3 amide bonds. The number of hydrogen-bond donors (Lipinski definition) is 3. The molecule has 0 atom stereocenters. The zero-order chi connectivity index (χ0) is 24.5. The van der Waals surface area contributed by atoms with Crippen molar-refractivity contribution in [1.29, 1.82) is 0 Å². The zero-order valence-corrected chi connectivity index (χ0v) is 18.7. The summed E-state index contributed by atoms with van der Waals surface area (Å²) < 4.78 is 23.7. The Kier molecular flexibility index (Phi) is 8.31. The predicted molar refractivity (Wildman–Crippen MR) is 127 cm³/mol. The molecular weight excluding hydrogens is 441 g/mol. The average Bonchev–Trinajstić information content (AvgIpc) is 2.81. The van der Waals surface area contributed by atoms with Crippen molar-refractivity contribution in [2.24, 2.45) is 0 Å². The molecule has 0 heterocycles. The average molecular weight is 465 g/mol. The minimum absolute atomic E-state index is 0.0955. The number of anilines is 3. The number of carbonyl (C=O) groups excluding carboxylic acids is 3. The summed E-state index contributed by atoms with van der Waals surface area (Å²) in [4.78, 5) is 37.0. The van der Waals surface area contributed by atoms with E-state index in [-0.39, 0.29) is 24.3 Å². The molecule has 0 unspecified atom stereocenters. The molecule has 0 spiro atoms. The van der Waals surface area contributed by atoms with Crippen LogP contribution in [-0.2, 0) is 9.47 Å². The summed E-state index contributed by atoms with van der Waals surface area (Å²) in [7, 11) is 1.50. The lowest BCUT2D eigenvalue weighted by molar-refractivity contribution is 0.101. The first kappa shape index (κ1) is 24.4. The first-order valence-electron chi connectivity index (χ1n) is 10.4. The second-order valence-electron chi connectivity index (χ2n) is 7.25. The van der Waals surface area contributed by atoms with Crippen molar-refractivity contribution in [2.45, 2.75) is 6.92 Å². The number of ether oxygens (including phenoxy) is 2. The van der Waals surface area contributed by atoms with Gasteiger partial charge in [-0.05, 0) is 55.0 Å². The molecule has 0 saturated heterocycles. The maximum atomic E-state index is 13.9. The van der Waals surface area contributed by atoms with Gasteiger partial charge in [0.2, 0.25) is 0 Å². The number of halogens is 1. The van der Waals surface area contributed by atoms with Gasteiger partial charge in [-0.15, -0.1) is 0 Å². The fourth-order valence-corrected chi connectivity index (χ4v) is 2.98. The van der Waals surface area contributed by atoms with Gasteiger partial charge in [-0.1, -0.05) is 24.3 Å². The monoisotopic (exact) mass is 465 g/mol. The minimum Gasteiger partial charge on any atom is -0.447 e. The lowest BCUT2D eigenvalue weighted by Crippen LogP contribution is -2.17. The molecule has 0 aliphatic heterocycles. The Balaban J connectivity index is 1.68. The Hall–Kier alpha value is -4.24. The minimum atomic E-state index is -0.644. The Bertz CT molecular complexity index is 1200. The van der Waals surface area contributed by atoms with Crippen LogP contribution in [0.4, 0.5) is 26.2 Å². The molecule has 0 aromatic heterocycles. The SMILES string of the molecule is COCCOC(=O)Nc1cccc(NC(=O)c2ccc(C)c(NC(=O)c3ccccc3F)c2)c1. The van der Waals surface area contributed by atoms with Crippen molar-refractivity contribution >= 4 is 35.0 Å². The molecule has 3 rings (SSSR count). The maximum absolute atomic E-state index is 13.9. The van der Waals surface area contributed by atoms with E-state index >= 15 is 0 Å². The Morgan fingerprint density at radius 2 is 1.56 bits per heavy atom. The van der Waals surface area contributed by atoms with Crippen LogP contribution in [0.25, 0.3) is 0 Å². The number of carbonyl (C=O) groups is 3. The third-order valence-electron chi connectivity index (χ3n) is 4.75. The zero-order valence-electron chi connectivity index (χ0n) is 18.7. The topological polar surface area (TPSA) is 106 Å². The Morgan fingerprint density at radius 3 is 2.29 bits per heavy atom. The first-order valence-corrected chi connectivity index (χ1v) is 10.4. The number of hydrogen-bond acceptors (Lipinski definition) is 5.